The number of nitrogens with zero attached hydrogens (tertiary/aromatic N) is 2. The van der Waals surface area contributed by atoms with Crippen LogP contribution < -0.4 is 10.6 Å². The Kier molecular flexibility index (Phi) is 10.3. The minimum Gasteiger partial charge on any atom is -0.378 e. The molecular formula is C18H35F3N4O. The van der Waals surface area contributed by atoms with Crippen molar-refractivity contribution in [2.24, 2.45) is 16.8 Å². The first-order valence-corrected chi connectivity index (χ1v) is 9.68. The predicted molar refractivity (Wildman–Crippen MR) is 99.5 cm³/mol. The van der Waals surface area contributed by atoms with Gasteiger partial charge in [-0.15, -0.1) is 0 Å². The van der Waals surface area contributed by atoms with E-state index in [0.717, 1.165) is 31.9 Å². The van der Waals surface area contributed by atoms with Crippen LogP contribution in [0.1, 0.15) is 40.5 Å². The highest BCUT2D eigenvalue weighted by Crippen LogP contribution is 2.22. The fourth-order valence-electron chi connectivity index (χ4n) is 3.18. The van der Waals surface area contributed by atoms with E-state index in [4.69, 9.17) is 4.74 Å². The zero-order valence-corrected chi connectivity index (χ0v) is 16.5. The van der Waals surface area contributed by atoms with E-state index >= 15 is 0 Å². The van der Waals surface area contributed by atoms with Crippen molar-refractivity contribution in [3.8, 4) is 0 Å². The van der Waals surface area contributed by atoms with Crippen molar-refractivity contribution in [3.63, 3.8) is 0 Å². The number of hydrogen-bond donors (Lipinski definition) is 2. The minimum atomic E-state index is -4.12. The van der Waals surface area contributed by atoms with Crippen LogP contribution >= 0.6 is 0 Å². The molecule has 8 heteroatoms. The molecule has 2 atom stereocenters. The van der Waals surface area contributed by atoms with Gasteiger partial charge in [0.2, 0.25) is 0 Å². The highest BCUT2D eigenvalue weighted by molar-refractivity contribution is 5.79. The molecule has 5 nitrogen and oxygen atoms in total. The fraction of sp³-hybridized carbons (Fsp3) is 0.944. The lowest BCUT2D eigenvalue weighted by atomic mass is 10.0. The zero-order valence-electron chi connectivity index (χ0n) is 16.5. The lowest BCUT2D eigenvalue weighted by molar-refractivity contribution is -0.143. The first kappa shape index (κ1) is 23.0. The quantitative estimate of drug-likeness (QED) is 0.452. The van der Waals surface area contributed by atoms with E-state index in [2.05, 4.69) is 29.5 Å². The topological polar surface area (TPSA) is 48.9 Å². The molecule has 0 aromatic heterocycles. The van der Waals surface area contributed by atoms with Gasteiger partial charge < -0.3 is 15.4 Å². The van der Waals surface area contributed by atoms with Crippen molar-refractivity contribution < 1.29 is 17.9 Å². The molecule has 0 aromatic carbocycles. The largest absolute Gasteiger partial charge is 0.401 e. The normalized spacial score (nSPS) is 20.6. The van der Waals surface area contributed by atoms with E-state index in [1.165, 1.54) is 4.90 Å². The van der Waals surface area contributed by atoms with Gasteiger partial charge in [0.1, 0.15) is 0 Å². The molecule has 1 aliphatic heterocycles. The van der Waals surface area contributed by atoms with Crippen LogP contribution in [0.3, 0.4) is 0 Å². The van der Waals surface area contributed by atoms with Gasteiger partial charge in [0.05, 0.1) is 12.6 Å². The summed E-state index contributed by atoms with van der Waals surface area (Å²) >= 11 is 0. The molecule has 0 aliphatic carbocycles. The Morgan fingerprint density at radius 3 is 2.58 bits per heavy atom. The number of halogens is 3. The average molecular weight is 380 g/mol. The number of hydrogen-bond acceptors (Lipinski definition) is 3. The summed E-state index contributed by atoms with van der Waals surface area (Å²) in [6.45, 7) is 11.2. The van der Waals surface area contributed by atoms with Gasteiger partial charge in [0, 0.05) is 32.8 Å². The van der Waals surface area contributed by atoms with Crippen LogP contribution in [0, 0.1) is 11.8 Å². The molecule has 1 rings (SSSR count). The van der Waals surface area contributed by atoms with Crippen molar-refractivity contribution >= 4 is 5.96 Å². The number of aliphatic imine (C=N–C) groups is 1. The van der Waals surface area contributed by atoms with Gasteiger partial charge in [0.15, 0.2) is 5.96 Å². The van der Waals surface area contributed by atoms with E-state index < -0.39 is 12.7 Å². The number of guanidine groups is 1. The molecule has 0 aromatic rings. The van der Waals surface area contributed by atoms with Crippen molar-refractivity contribution in [1.82, 2.24) is 15.5 Å². The summed E-state index contributed by atoms with van der Waals surface area (Å²) in [6, 6.07) is 0. The Morgan fingerprint density at radius 2 is 2.00 bits per heavy atom. The Labute approximate surface area is 155 Å². The van der Waals surface area contributed by atoms with Gasteiger partial charge in [0.25, 0.3) is 0 Å². The minimum absolute atomic E-state index is 0.180. The summed E-state index contributed by atoms with van der Waals surface area (Å²) in [5, 5.41) is 6.50. The van der Waals surface area contributed by atoms with E-state index in [1.807, 2.05) is 13.8 Å². The van der Waals surface area contributed by atoms with Crippen LogP contribution in [0.4, 0.5) is 13.2 Å². The van der Waals surface area contributed by atoms with E-state index in [0.29, 0.717) is 32.2 Å². The smallest absolute Gasteiger partial charge is 0.378 e. The van der Waals surface area contributed by atoms with Gasteiger partial charge >= 0.3 is 6.18 Å². The van der Waals surface area contributed by atoms with Crippen molar-refractivity contribution in [2.45, 2.75) is 52.8 Å². The molecule has 0 radical (unpaired) electrons. The van der Waals surface area contributed by atoms with E-state index in [-0.39, 0.29) is 12.0 Å². The second kappa shape index (κ2) is 11.6. The lowest BCUT2D eigenvalue weighted by Gasteiger charge is -2.21. The van der Waals surface area contributed by atoms with Crippen LogP contribution in [0.15, 0.2) is 4.99 Å². The summed E-state index contributed by atoms with van der Waals surface area (Å²) in [6.07, 6.45) is -2.26. The van der Waals surface area contributed by atoms with Crippen LogP contribution in [-0.2, 0) is 4.74 Å². The molecule has 26 heavy (non-hydrogen) atoms. The maximum absolute atomic E-state index is 12.5. The third-order valence-electron chi connectivity index (χ3n) is 4.47. The molecular weight excluding hydrogens is 345 g/mol. The number of nitrogens with one attached hydrogen (secondary N) is 2. The van der Waals surface area contributed by atoms with E-state index in [9.17, 15) is 13.2 Å². The summed E-state index contributed by atoms with van der Waals surface area (Å²) in [5.41, 5.74) is 0. The summed E-state index contributed by atoms with van der Waals surface area (Å²) in [7, 11) is 0. The third-order valence-corrected chi connectivity index (χ3v) is 4.47. The van der Waals surface area contributed by atoms with Crippen LogP contribution in [0.5, 0.6) is 0 Å². The van der Waals surface area contributed by atoms with E-state index in [1.54, 1.807) is 0 Å². The summed E-state index contributed by atoms with van der Waals surface area (Å²) < 4.78 is 43.1. The zero-order chi connectivity index (χ0) is 19.6. The number of alkyl halides is 3. The Bertz CT molecular complexity index is 416. The van der Waals surface area contributed by atoms with Gasteiger partial charge in [-0.05, 0) is 45.1 Å². The van der Waals surface area contributed by atoms with Crippen molar-refractivity contribution in [3.05, 3.63) is 0 Å². The maximum atomic E-state index is 12.5. The average Bonchev–Trinajstić information content (AvgIpc) is 2.96. The third kappa shape index (κ3) is 9.62. The monoisotopic (exact) mass is 380 g/mol. The van der Waals surface area contributed by atoms with Gasteiger partial charge in [-0.1, -0.05) is 13.8 Å². The molecule has 0 saturated carbocycles. The van der Waals surface area contributed by atoms with Gasteiger partial charge in [-0.3, -0.25) is 9.89 Å². The predicted octanol–water partition coefficient (Wildman–Crippen LogP) is 2.88. The first-order valence-electron chi connectivity index (χ1n) is 9.68. The highest BCUT2D eigenvalue weighted by Gasteiger charge is 2.34. The van der Waals surface area contributed by atoms with Crippen LogP contribution in [-0.4, -0.2) is 69.0 Å². The second-order valence-electron chi connectivity index (χ2n) is 7.18. The standard InChI is InChI=1S/C18H35F3N4O/c1-5-22-17(23-9-7-16(14(3)4)26-6-2)24-11-15-8-10-25(12-15)13-18(19,20)21/h14-16H,5-13H2,1-4H3,(H2,22,23,24). The molecule has 1 saturated heterocycles. The molecule has 0 amide bonds. The van der Waals surface area contributed by atoms with Gasteiger partial charge in [-0.2, -0.15) is 13.2 Å². The number of likely N-dealkylation sites (tertiary alicyclic amines) is 1. The maximum Gasteiger partial charge on any atom is 0.401 e. The first-order chi connectivity index (χ1) is 12.2. The Hall–Kier alpha value is -1.02. The number of rotatable bonds is 10. The lowest BCUT2D eigenvalue weighted by Crippen LogP contribution is -2.39. The molecule has 0 bridgehead atoms. The SMILES string of the molecule is CCNC(=NCC1CCN(CC(F)(F)F)C1)NCCC(OCC)C(C)C. The fourth-order valence-corrected chi connectivity index (χ4v) is 3.18. The number of ether oxygens (including phenoxy) is 1. The summed E-state index contributed by atoms with van der Waals surface area (Å²) in [4.78, 5) is 6.03. The molecule has 154 valence electrons. The molecule has 2 unspecified atom stereocenters. The summed E-state index contributed by atoms with van der Waals surface area (Å²) in [5.74, 6) is 1.36. The van der Waals surface area contributed by atoms with Crippen LogP contribution in [0.2, 0.25) is 0 Å². The van der Waals surface area contributed by atoms with Gasteiger partial charge in [-0.25, -0.2) is 0 Å². The molecule has 0 spiro atoms. The molecule has 1 aliphatic rings. The highest BCUT2D eigenvalue weighted by atomic mass is 19.4. The molecule has 2 N–H and O–H groups in total. The molecule has 1 heterocycles. The Morgan fingerprint density at radius 1 is 1.27 bits per heavy atom. The molecule has 1 fully saturated rings. The second-order valence-corrected chi connectivity index (χ2v) is 7.18. The van der Waals surface area contributed by atoms with Crippen molar-refractivity contribution in [1.29, 1.82) is 0 Å². The van der Waals surface area contributed by atoms with Crippen LogP contribution in [0.25, 0.3) is 0 Å². The Balaban J connectivity index is 2.41. The van der Waals surface area contributed by atoms with Crippen molar-refractivity contribution in [2.75, 3.05) is 45.9 Å².